The van der Waals surface area contributed by atoms with Gasteiger partial charge in [0, 0.05) is 19.3 Å². The maximum absolute atomic E-state index is 12.4. The number of amides is 1. The SMILES string of the molecule is COCCNC(=O)c1sc(=O)n(Cc2ccc(-c3ccccc3)cc2)c1C. The van der Waals surface area contributed by atoms with Gasteiger partial charge in [-0.25, -0.2) is 0 Å². The van der Waals surface area contributed by atoms with Crippen LogP contribution in [0.3, 0.4) is 0 Å². The van der Waals surface area contributed by atoms with E-state index in [0.717, 1.165) is 28.0 Å². The smallest absolute Gasteiger partial charge is 0.308 e. The van der Waals surface area contributed by atoms with Crippen molar-refractivity contribution >= 4 is 17.2 Å². The van der Waals surface area contributed by atoms with Gasteiger partial charge < -0.3 is 10.1 Å². The average molecular weight is 382 g/mol. The van der Waals surface area contributed by atoms with E-state index in [9.17, 15) is 9.59 Å². The molecule has 0 radical (unpaired) electrons. The zero-order chi connectivity index (χ0) is 19.2. The molecule has 3 aromatic rings. The third-order valence-corrected chi connectivity index (χ3v) is 5.42. The van der Waals surface area contributed by atoms with Crippen molar-refractivity contribution in [2.45, 2.75) is 13.5 Å². The van der Waals surface area contributed by atoms with Crippen molar-refractivity contribution in [2.75, 3.05) is 20.3 Å². The second-order valence-electron chi connectivity index (χ2n) is 6.18. The fourth-order valence-electron chi connectivity index (χ4n) is 2.83. The van der Waals surface area contributed by atoms with Gasteiger partial charge >= 0.3 is 4.87 Å². The Hall–Kier alpha value is -2.70. The van der Waals surface area contributed by atoms with E-state index in [0.29, 0.717) is 30.3 Å². The number of benzene rings is 2. The number of carbonyl (C=O) groups is 1. The minimum absolute atomic E-state index is 0.128. The fraction of sp³-hybridized carbons (Fsp3) is 0.238. The van der Waals surface area contributed by atoms with Crippen LogP contribution in [0, 0.1) is 6.92 Å². The second-order valence-corrected chi connectivity index (χ2v) is 7.14. The number of hydrogen-bond donors (Lipinski definition) is 1. The summed E-state index contributed by atoms with van der Waals surface area (Å²) in [5, 5.41) is 2.77. The van der Waals surface area contributed by atoms with Crippen LogP contribution in [-0.2, 0) is 11.3 Å². The number of rotatable bonds is 7. The number of methoxy groups -OCH3 is 1. The van der Waals surface area contributed by atoms with Crippen molar-refractivity contribution in [3.63, 3.8) is 0 Å². The summed E-state index contributed by atoms with van der Waals surface area (Å²) in [7, 11) is 1.58. The molecule has 140 valence electrons. The molecule has 0 unspecified atom stereocenters. The summed E-state index contributed by atoms with van der Waals surface area (Å²) >= 11 is 0.981. The average Bonchev–Trinajstić information content (AvgIpc) is 2.98. The third-order valence-electron chi connectivity index (χ3n) is 4.34. The normalized spacial score (nSPS) is 10.7. The van der Waals surface area contributed by atoms with E-state index in [1.165, 1.54) is 0 Å². The molecular formula is C21H22N2O3S. The van der Waals surface area contributed by atoms with Gasteiger partial charge in [0.05, 0.1) is 13.2 Å². The van der Waals surface area contributed by atoms with E-state index in [-0.39, 0.29) is 10.8 Å². The first-order chi connectivity index (χ1) is 13.1. The molecule has 0 bridgehead atoms. The summed E-state index contributed by atoms with van der Waals surface area (Å²) < 4.78 is 6.58. The van der Waals surface area contributed by atoms with Gasteiger partial charge in [-0.1, -0.05) is 65.9 Å². The lowest BCUT2D eigenvalue weighted by Gasteiger charge is -2.08. The van der Waals surface area contributed by atoms with Gasteiger partial charge in [0.1, 0.15) is 4.88 Å². The Morgan fingerprint density at radius 2 is 1.74 bits per heavy atom. The molecule has 0 fully saturated rings. The number of nitrogens with one attached hydrogen (secondary N) is 1. The third kappa shape index (κ3) is 4.53. The highest BCUT2D eigenvalue weighted by Gasteiger charge is 2.17. The van der Waals surface area contributed by atoms with Crippen LogP contribution in [-0.4, -0.2) is 30.7 Å². The number of aromatic nitrogens is 1. The molecule has 0 aliphatic rings. The van der Waals surface area contributed by atoms with Gasteiger partial charge in [0.25, 0.3) is 5.91 Å². The van der Waals surface area contributed by atoms with Crippen LogP contribution in [0.1, 0.15) is 20.9 Å². The van der Waals surface area contributed by atoms with E-state index in [1.54, 1.807) is 11.7 Å². The van der Waals surface area contributed by atoms with E-state index in [4.69, 9.17) is 4.74 Å². The summed E-state index contributed by atoms with van der Waals surface area (Å²) in [5.41, 5.74) is 3.99. The molecule has 2 aromatic carbocycles. The molecule has 0 spiro atoms. The zero-order valence-corrected chi connectivity index (χ0v) is 16.2. The Balaban J connectivity index is 1.76. The van der Waals surface area contributed by atoms with Crippen LogP contribution in [0.5, 0.6) is 0 Å². The van der Waals surface area contributed by atoms with Crippen molar-refractivity contribution in [1.82, 2.24) is 9.88 Å². The minimum atomic E-state index is -0.232. The summed E-state index contributed by atoms with van der Waals surface area (Å²) in [5.74, 6) is -0.232. The largest absolute Gasteiger partial charge is 0.383 e. The van der Waals surface area contributed by atoms with Gasteiger partial charge in [-0.2, -0.15) is 0 Å². The predicted octanol–water partition coefficient (Wildman–Crippen LogP) is 3.31. The zero-order valence-electron chi connectivity index (χ0n) is 15.4. The van der Waals surface area contributed by atoms with Gasteiger partial charge in [-0.15, -0.1) is 0 Å². The van der Waals surface area contributed by atoms with Gasteiger partial charge in [0.15, 0.2) is 0 Å². The minimum Gasteiger partial charge on any atom is -0.383 e. The van der Waals surface area contributed by atoms with E-state index in [1.807, 2.05) is 37.3 Å². The van der Waals surface area contributed by atoms with Crippen molar-refractivity contribution < 1.29 is 9.53 Å². The van der Waals surface area contributed by atoms with Crippen LogP contribution in [0.2, 0.25) is 0 Å². The molecule has 5 nitrogen and oxygen atoms in total. The quantitative estimate of drug-likeness (QED) is 0.638. The monoisotopic (exact) mass is 382 g/mol. The van der Waals surface area contributed by atoms with Gasteiger partial charge in [-0.3, -0.25) is 14.2 Å². The number of ether oxygens (including phenoxy) is 1. The maximum Gasteiger partial charge on any atom is 0.308 e. The summed E-state index contributed by atoms with van der Waals surface area (Å²) in [4.78, 5) is 24.9. The van der Waals surface area contributed by atoms with Crippen LogP contribution in [0.15, 0.2) is 59.4 Å². The molecule has 0 saturated carbocycles. The molecule has 0 aliphatic heterocycles. The number of thiazole rings is 1. The van der Waals surface area contributed by atoms with Gasteiger partial charge in [0.2, 0.25) is 0 Å². The molecule has 6 heteroatoms. The molecule has 27 heavy (non-hydrogen) atoms. The molecule has 0 aliphatic carbocycles. The highest BCUT2D eigenvalue weighted by molar-refractivity contribution is 7.11. The number of nitrogens with zero attached hydrogens (tertiary/aromatic N) is 1. The Kier molecular flexibility index (Phi) is 6.21. The highest BCUT2D eigenvalue weighted by Crippen LogP contribution is 2.20. The lowest BCUT2D eigenvalue weighted by atomic mass is 10.0. The van der Waals surface area contributed by atoms with Crippen LogP contribution < -0.4 is 10.2 Å². The molecule has 1 amide bonds. The van der Waals surface area contributed by atoms with E-state index < -0.39 is 0 Å². The summed E-state index contributed by atoms with van der Waals surface area (Å²) in [6, 6.07) is 18.3. The Morgan fingerprint density at radius 3 is 2.41 bits per heavy atom. The maximum atomic E-state index is 12.4. The molecule has 1 heterocycles. The Labute approximate surface area is 162 Å². The molecule has 1 aromatic heterocycles. The van der Waals surface area contributed by atoms with Crippen LogP contribution in [0.4, 0.5) is 0 Å². The predicted molar refractivity (Wildman–Crippen MR) is 109 cm³/mol. The Morgan fingerprint density at radius 1 is 1.07 bits per heavy atom. The van der Waals surface area contributed by atoms with Crippen LogP contribution >= 0.6 is 11.3 Å². The van der Waals surface area contributed by atoms with Gasteiger partial charge in [-0.05, 0) is 23.6 Å². The van der Waals surface area contributed by atoms with E-state index in [2.05, 4.69) is 29.6 Å². The fourth-order valence-corrected chi connectivity index (χ4v) is 3.74. The summed E-state index contributed by atoms with van der Waals surface area (Å²) in [6.45, 7) is 3.11. The van der Waals surface area contributed by atoms with E-state index >= 15 is 0 Å². The first-order valence-electron chi connectivity index (χ1n) is 8.72. The molecular weight excluding hydrogens is 360 g/mol. The first-order valence-corrected chi connectivity index (χ1v) is 9.53. The molecule has 0 saturated heterocycles. The lowest BCUT2D eigenvalue weighted by Crippen LogP contribution is -2.27. The molecule has 1 N–H and O–H groups in total. The Bertz CT molecular complexity index is 959. The topological polar surface area (TPSA) is 60.3 Å². The summed E-state index contributed by atoms with van der Waals surface area (Å²) in [6.07, 6.45) is 0. The highest BCUT2D eigenvalue weighted by atomic mass is 32.1. The molecule has 0 atom stereocenters. The van der Waals surface area contributed by atoms with Crippen molar-refractivity contribution in [3.8, 4) is 11.1 Å². The molecule has 3 rings (SSSR count). The van der Waals surface area contributed by atoms with Crippen molar-refractivity contribution in [3.05, 3.63) is 80.4 Å². The lowest BCUT2D eigenvalue weighted by molar-refractivity contribution is 0.0940. The van der Waals surface area contributed by atoms with Crippen molar-refractivity contribution in [1.29, 1.82) is 0 Å². The second kappa shape index (κ2) is 8.79. The number of carbonyl (C=O) groups excluding carboxylic acids is 1. The van der Waals surface area contributed by atoms with Crippen LogP contribution in [0.25, 0.3) is 11.1 Å². The standard InChI is InChI=1S/C21H22N2O3S/c1-15-19(20(24)22-12-13-26-2)27-21(25)23(15)14-16-8-10-18(11-9-16)17-6-4-3-5-7-17/h3-11H,12-14H2,1-2H3,(H,22,24). The van der Waals surface area contributed by atoms with Crippen molar-refractivity contribution in [2.24, 2.45) is 0 Å². The number of hydrogen-bond acceptors (Lipinski definition) is 4. The first kappa shape index (κ1) is 19.1.